The molecule has 1 amide bonds. The maximum absolute atomic E-state index is 10.5. The molecule has 10 heavy (non-hydrogen) atoms. The van der Waals surface area contributed by atoms with Gasteiger partial charge in [0, 0.05) is 17.7 Å². The summed E-state index contributed by atoms with van der Waals surface area (Å²) >= 11 is 4.84. The highest BCUT2D eigenvalue weighted by Gasteiger charge is 2.00. The molecule has 0 fully saturated rings. The lowest BCUT2D eigenvalue weighted by Gasteiger charge is -1.96. The summed E-state index contributed by atoms with van der Waals surface area (Å²) in [7, 11) is 0. The van der Waals surface area contributed by atoms with Crippen molar-refractivity contribution in [2.75, 3.05) is 5.32 Å². The zero-order valence-electron chi connectivity index (χ0n) is 5.35. The topological polar surface area (TPSA) is 29.1 Å². The van der Waals surface area contributed by atoms with E-state index in [9.17, 15) is 4.79 Å². The molecular formula is C6H6BrNOS. The molecular weight excluding hydrogens is 214 g/mol. The van der Waals surface area contributed by atoms with Gasteiger partial charge in [0.25, 0.3) is 0 Å². The fraction of sp³-hybridized carbons (Fsp3) is 0.167. The number of amides is 1. The molecule has 1 heterocycles. The first-order valence-electron chi connectivity index (χ1n) is 2.69. The van der Waals surface area contributed by atoms with Crippen LogP contribution in [0.2, 0.25) is 0 Å². The van der Waals surface area contributed by atoms with E-state index in [1.165, 1.54) is 6.92 Å². The Balaban J connectivity index is 2.74. The summed E-state index contributed by atoms with van der Waals surface area (Å²) in [5.74, 6) is -0.0425. The Hall–Kier alpha value is -0.350. The molecule has 0 saturated carbocycles. The summed E-state index contributed by atoms with van der Waals surface area (Å²) in [6.07, 6.45) is 0. The average molecular weight is 220 g/mol. The van der Waals surface area contributed by atoms with Crippen LogP contribution in [0, 0.1) is 0 Å². The van der Waals surface area contributed by atoms with Crippen molar-refractivity contribution in [3.8, 4) is 0 Å². The van der Waals surface area contributed by atoms with Crippen LogP contribution in [0.5, 0.6) is 0 Å². The molecule has 0 aromatic carbocycles. The predicted octanol–water partition coefficient (Wildman–Crippen LogP) is 2.47. The van der Waals surface area contributed by atoms with Crippen molar-refractivity contribution in [3.05, 3.63) is 15.2 Å². The first-order chi connectivity index (χ1) is 4.70. The van der Waals surface area contributed by atoms with Crippen molar-refractivity contribution < 1.29 is 4.79 Å². The highest BCUT2D eigenvalue weighted by Crippen LogP contribution is 2.25. The van der Waals surface area contributed by atoms with E-state index in [0.29, 0.717) is 0 Å². The molecule has 0 aliphatic heterocycles. The first kappa shape index (κ1) is 7.75. The summed E-state index contributed by atoms with van der Waals surface area (Å²) < 4.78 is 0.938. The van der Waals surface area contributed by atoms with E-state index < -0.39 is 0 Å². The van der Waals surface area contributed by atoms with Crippen molar-refractivity contribution in [1.29, 1.82) is 0 Å². The Morgan fingerprint density at radius 1 is 1.70 bits per heavy atom. The van der Waals surface area contributed by atoms with Crippen molar-refractivity contribution in [2.45, 2.75) is 6.92 Å². The van der Waals surface area contributed by atoms with Crippen molar-refractivity contribution in [2.24, 2.45) is 0 Å². The molecule has 1 aromatic heterocycles. The molecule has 0 aliphatic carbocycles. The summed E-state index contributed by atoms with van der Waals surface area (Å²) in [6.45, 7) is 1.49. The van der Waals surface area contributed by atoms with E-state index in [-0.39, 0.29) is 5.91 Å². The molecule has 1 aromatic rings. The largest absolute Gasteiger partial charge is 0.325 e. The van der Waals surface area contributed by atoms with E-state index in [0.717, 1.165) is 10.2 Å². The molecule has 4 heteroatoms. The number of anilines is 1. The van der Waals surface area contributed by atoms with Crippen LogP contribution in [0.15, 0.2) is 15.2 Å². The minimum absolute atomic E-state index is 0.0425. The van der Waals surface area contributed by atoms with Gasteiger partial charge in [0.15, 0.2) is 0 Å². The van der Waals surface area contributed by atoms with Crippen LogP contribution < -0.4 is 5.32 Å². The number of carbonyl (C=O) groups excluding carboxylic acids is 1. The van der Waals surface area contributed by atoms with E-state index in [1.807, 2.05) is 10.8 Å². The van der Waals surface area contributed by atoms with Gasteiger partial charge in [0.1, 0.15) is 0 Å². The third kappa shape index (κ3) is 1.82. The molecule has 1 N–H and O–H groups in total. The fourth-order valence-electron chi connectivity index (χ4n) is 0.560. The standard InChI is InChI=1S/C6H6BrNOS/c1-4(9)8-6-3-10-2-5(6)7/h2-3H,1H3,(H,8,9). The number of nitrogens with one attached hydrogen (secondary N) is 1. The minimum atomic E-state index is -0.0425. The Morgan fingerprint density at radius 2 is 2.40 bits per heavy atom. The summed E-state index contributed by atoms with van der Waals surface area (Å²) in [5.41, 5.74) is 0.845. The number of rotatable bonds is 1. The van der Waals surface area contributed by atoms with Crippen LogP contribution in [0.1, 0.15) is 6.92 Å². The van der Waals surface area contributed by atoms with Gasteiger partial charge in [-0.05, 0) is 15.9 Å². The second-order valence-corrected chi connectivity index (χ2v) is 3.41. The van der Waals surface area contributed by atoms with Gasteiger partial charge in [-0.3, -0.25) is 4.79 Å². The van der Waals surface area contributed by atoms with Gasteiger partial charge in [0.05, 0.1) is 10.2 Å². The number of carbonyl (C=O) groups is 1. The zero-order valence-corrected chi connectivity index (χ0v) is 7.75. The normalized spacial score (nSPS) is 9.40. The fourth-order valence-corrected chi connectivity index (χ4v) is 1.89. The molecule has 1 rings (SSSR count). The minimum Gasteiger partial charge on any atom is -0.325 e. The highest BCUT2D eigenvalue weighted by atomic mass is 79.9. The van der Waals surface area contributed by atoms with Crippen molar-refractivity contribution >= 4 is 38.9 Å². The van der Waals surface area contributed by atoms with E-state index in [1.54, 1.807) is 11.3 Å². The van der Waals surface area contributed by atoms with Gasteiger partial charge in [0.2, 0.25) is 5.91 Å². The zero-order chi connectivity index (χ0) is 7.56. The second kappa shape index (κ2) is 3.16. The smallest absolute Gasteiger partial charge is 0.221 e. The molecule has 0 radical (unpaired) electrons. The van der Waals surface area contributed by atoms with Gasteiger partial charge in [-0.1, -0.05) is 0 Å². The summed E-state index contributed by atoms with van der Waals surface area (Å²) in [4.78, 5) is 10.5. The molecule has 0 spiro atoms. The van der Waals surface area contributed by atoms with Crippen molar-refractivity contribution in [1.82, 2.24) is 0 Å². The van der Waals surface area contributed by atoms with Crippen LogP contribution in [0.4, 0.5) is 5.69 Å². The number of halogens is 1. The maximum atomic E-state index is 10.5. The summed E-state index contributed by atoms with van der Waals surface area (Å²) in [6, 6.07) is 0. The second-order valence-electron chi connectivity index (χ2n) is 1.81. The lowest BCUT2D eigenvalue weighted by molar-refractivity contribution is -0.114. The van der Waals surface area contributed by atoms with E-state index in [2.05, 4.69) is 21.2 Å². The Labute approximate surface area is 71.4 Å². The third-order valence-electron chi connectivity index (χ3n) is 0.925. The van der Waals surface area contributed by atoms with Crippen LogP contribution in [0.25, 0.3) is 0 Å². The molecule has 0 bridgehead atoms. The Morgan fingerprint density at radius 3 is 2.80 bits per heavy atom. The molecule has 0 aliphatic rings. The van der Waals surface area contributed by atoms with E-state index in [4.69, 9.17) is 0 Å². The van der Waals surface area contributed by atoms with Crippen LogP contribution >= 0.6 is 27.3 Å². The molecule has 0 unspecified atom stereocenters. The third-order valence-corrected chi connectivity index (χ3v) is 2.63. The van der Waals surface area contributed by atoms with Gasteiger partial charge < -0.3 is 5.32 Å². The molecule has 0 atom stereocenters. The van der Waals surface area contributed by atoms with Gasteiger partial charge in [-0.15, -0.1) is 11.3 Å². The van der Waals surface area contributed by atoms with Crippen LogP contribution in [-0.2, 0) is 4.79 Å². The average Bonchev–Trinajstić information content (AvgIpc) is 2.15. The number of thiophene rings is 1. The SMILES string of the molecule is CC(=O)Nc1cscc1Br. The lowest BCUT2D eigenvalue weighted by Crippen LogP contribution is -2.04. The number of hydrogen-bond acceptors (Lipinski definition) is 2. The Bertz CT molecular complexity index is 246. The van der Waals surface area contributed by atoms with Gasteiger partial charge in [-0.2, -0.15) is 0 Å². The monoisotopic (exact) mass is 219 g/mol. The predicted molar refractivity (Wildman–Crippen MR) is 46.3 cm³/mol. The molecule has 54 valence electrons. The maximum Gasteiger partial charge on any atom is 0.221 e. The van der Waals surface area contributed by atoms with Crippen LogP contribution in [0.3, 0.4) is 0 Å². The van der Waals surface area contributed by atoms with E-state index >= 15 is 0 Å². The lowest BCUT2D eigenvalue weighted by atomic mass is 10.5. The summed E-state index contributed by atoms with van der Waals surface area (Å²) in [5, 5.41) is 6.48. The van der Waals surface area contributed by atoms with Gasteiger partial charge in [-0.25, -0.2) is 0 Å². The number of hydrogen-bond donors (Lipinski definition) is 1. The molecule has 0 saturated heterocycles. The van der Waals surface area contributed by atoms with Crippen LogP contribution in [-0.4, -0.2) is 5.91 Å². The molecule has 2 nitrogen and oxygen atoms in total. The highest BCUT2D eigenvalue weighted by molar-refractivity contribution is 9.10. The van der Waals surface area contributed by atoms with Gasteiger partial charge >= 0.3 is 0 Å². The van der Waals surface area contributed by atoms with Crippen molar-refractivity contribution in [3.63, 3.8) is 0 Å². The first-order valence-corrected chi connectivity index (χ1v) is 4.43. The quantitative estimate of drug-likeness (QED) is 0.773. The Kier molecular flexibility index (Phi) is 2.45.